The lowest BCUT2D eigenvalue weighted by Gasteiger charge is -2.15. The lowest BCUT2D eigenvalue weighted by atomic mass is 9.95. The molecule has 1 rings (SSSR count). The summed E-state index contributed by atoms with van der Waals surface area (Å²) >= 11 is 5.70. The first-order valence-electron chi connectivity index (χ1n) is 4.81. The van der Waals surface area contributed by atoms with E-state index >= 15 is 0 Å². The number of thiol groups is 1. The summed E-state index contributed by atoms with van der Waals surface area (Å²) in [5, 5.41) is 8.14. The molecule has 1 heterocycles. The molecule has 15 heavy (non-hydrogen) atoms. The van der Waals surface area contributed by atoms with Gasteiger partial charge in [-0.15, -0.1) is 11.3 Å². The van der Waals surface area contributed by atoms with Gasteiger partial charge in [0.15, 0.2) is 0 Å². The maximum atomic E-state index is 10.6. The van der Waals surface area contributed by atoms with E-state index in [1.807, 2.05) is 6.07 Å². The highest BCUT2D eigenvalue weighted by atomic mass is 32.1. The van der Waals surface area contributed by atoms with Gasteiger partial charge in [0, 0.05) is 16.2 Å². The molecule has 0 aliphatic carbocycles. The van der Waals surface area contributed by atoms with Crippen LogP contribution in [0.5, 0.6) is 0 Å². The minimum absolute atomic E-state index is 0.137. The summed E-state index contributed by atoms with van der Waals surface area (Å²) in [4.78, 5) is 13.0. The van der Waals surface area contributed by atoms with Crippen molar-refractivity contribution in [3.63, 3.8) is 0 Å². The molecular weight excluding hydrogens is 228 g/mol. The summed E-state index contributed by atoms with van der Waals surface area (Å²) in [6, 6.07) is 4.07. The van der Waals surface area contributed by atoms with Crippen LogP contribution in [0.25, 0.3) is 0 Å². The summed E-state index contributed by atoms with van der Waals surface area (Å²) in [7, 11) is 0. The molecule has 0 radical (unpaired) electrons. The molecule has 0 aliphatic heterocycles. The molecule has 1 unspecified atom stereocenters. The van der Waals surface area contributed by atoms with E-state index < -0.39 is 11.2 Å². The standard InChI is InChI=1S/C11H16O2S2/c1-11(2,3)9-5-4-7(15-9)6-8(14)10(12)13/h4-5,8,14H,6H2,1-3H3,(H,12,13). The first-order valence-corrected chi connectivity index (χ1v) is 6.14. The summed E-state index contributed by atoms with van der Waals surface area (Å²) < 4.78 is 0. The Morgan fingerprint density at radius 1 is 1.53 bits per heavy atom. The molecule has 0 fully saturated rings. The second kappa shape index (κ2) is 4.58. The van der Waals surface area contributed by atoms with Gasteiger partial charge in [0.2, 0.25) is 0 Å². The number of hydrogen-bond donors (Lipinski definition) is 2. The second-order valence-corrected chi connectivity index (χ2v) is 6.37. The Balaban J connectivity index is 2.73. The van der Waals surface area contributed by atoms with Crippen LogP contribution in [0.2, 0.25) is 0 Å². The lowest BCUT2D eigenvalue weighted by molar-refractivity contribution is -0.136. The SMILES string of the molecule is CC(C)(C)c1ccc(CC(S)C(=O)O)s1. The van der Waals surface area contributed by atoms with Crippen LogP contribution in [-0.4, -0.2) is 16.3 Å². The average Bonchev–Trinajstić information content (AvgIpc) is 2.51. The fraction of sp³-hybridized carbons (Fsp3) is 0.545. The highest BCUT2D eigenvalue weighted by Crippen LogP contribution is 2.30. The highest BCUT2D eigenvalue weighted by molar-refractivity contribution is 7.81. The van der Waals surface area contributed by atoms with Crippen LogP contribution in [-0.2, 0) is 16.6 Å². The molecule has 0 saturated heterocycles. The van der Waals surface area contributed by atoms with Crippen molar-refractivity contribution in [3.05, 3.63) is 21.9 Å². The Labute approximate surface area is 99.7 Å². The summed E-state index contributed by atoms with van der Waals surface area (Å²) in [5.41, 5.74) is 0.137. The maximum Gasteiger partial charge on any atom is 0.316 e. The molecule has 0 saturated carbocycles. The third-order valence-corrected chi connectivity index (χ3v) is 4.02. The van der Waals surface area contributed by atoms with Gasteiger partial charge in [-0.1, -0.05) is 20.8 Å². The molecule has 1 N–H and O–H groups in total. The zero-order chi connectivity index (χ0) is 11.6. The zero-order valence-corrected chi connectivity index (χ0v) is 10.9. The first-order chi connectivity index (χ1) is 6.80. The molecule has 1 atom stereocenters. The van der Waals surface area contributed by atoms with Gasteiger partial charge in [0.25, 0.3) is 0 Å². The minimum Gasteiger partial charge on any atom is -0.480 e. The topological polar surface area (TPSA) is 37.3 Å². The summed E-state index contributed by atoms with van der Waals surface area (Å²) in [6.45, 7) is 6.45. The van der Waals surface area contributed by atoms with Gasteiger partial charge in [-0.05, 0) is 17.5 Å². The Bertz CT molecular complexity index is 350. The number of carboxylic acid groups (broad SMARTS) is 1. The number of thiophene rings is 1. The normalized spacial score (nSPS) is 13.9. The van der Waals surface area contributed by atoms with Gasteiger partial charge < -0.3 is 5.11 Å². The van der Waals surface area contributed by atoms with E-state index in [-0.39, 0.29) is 5.41 Å². The van der Waals surface area contributed by atoms with E-state index in [4.69, 9.17) is 5.11 Å². The van der Waals surface area contributed by atoms with Gasteiger partial charge in [-0.25, -0.2) is 0 Å². The van der Waals surface area contributed by atoms with Gasteiger partial charge >= 0.3 is 5.97 Å². The predicted molar refractivity (Wildman–Crippen MR) is 67.1 cm³/mol. The molecule has 1 aromatic rings. The van der Waals surface area contributed by atoms with Crippen molar-refractivity contribution in [1.29, 1.82) is 0 Å². The van der Waals surface area contributed by atoms with Gasteiger partial charge in [0.1, 0.15) is 5.25 Å². The van der Waals surface area contributed by atoms with Crippen molar-refractivity contribution >= 4 is 29.9 Å². The summed E-state index contributed by atoms with van der Waals surface area (Å²) in [6.07, 6.45) is 0.499. The van der Waals surface area contributed by atoms with E-state index in [2.05, 4.69) is 39.5 Å². The fourth-order valence-corrected chi connectivity index (χ4v) is 2.60. The number of carboxylic acids is 1. The average molecular weight is 244 g/mol. The smallest absolute Gasteiger partial charge is 0.316 e. The van der Waals surface area contributed by atoms with Crippen molar-refractivity contribution in [1.82, 2.24) is 0 Å². The third-order valence-electron chi connectivity index (χ3n) is 2.08. The van der Waals surface area contributed by atoms with Gasteiger partial charge in [0.05, 0.1) is 0 Å². The summed E-state index contributed by atoms with van der Waals surface area (Å²) in [5.74, 6) is -0.857. The number of aliphatic carboxylic acids is 1. The molecule has 84 valence electrons. The van der Waals surface area contributed by atoms with Gasteiger partial charge in [-0.3, -0.25) is 4.79 Å². The Morgan fingerprint density at radius 2 is 2.13 bits per heavy atom. The molecular formula is C11H16O2S2. The van der Waals surface area contributed by atoms with E-state index in [0.29, 0.717) is 6.42 Å². The van der Waals surface area contributed by atoms with Crippen molar-refractivity contribution in [3.8, 4) is 0 Å². The molecule has 0 amide bonds. The van der Waals surface area contributed by atoms with Crippen LogP contribution in [0, 0.1) is 0 Å². The molecule has 0 spiro atoms. The monoisotopic (exact) mass is 244 g/mol. The van der Waals surface area contributed by atoms with E-state index in [0.717, 1.165) is 4.88 Å². The van der Waals surface area contributed by atoms with E-state index in [1.165, 1.54) is 4.88 Å². The third kappa shape index (κ3) is 3.54. The van der Waals surface area contributed by atoms with Crippen LogP contribution in [0.1, 0.15) is 30.5 Å². The number of hydrogen-bond acceptors (Lipinski definition) is 3. The Kier molecular flexibility index (Phi) is 3.84. The number of carbonyl (C=O) groups is 1. The molecule has 0 aliphatic rings. The van der Waals surface area contributed by atoms with Gasteiger partial charge in [-0.2, -0.15) is 12.6 Å². The predicted octanol–water partition coefficient (Wildman–Crippen LogP) is 2.97. The van der Waals surface area contributed by atoms with Crippen molar-refractivity contribution in [2.75, 3.05) is 0 Å². The van der Waals surface area contributed by atoms with E-state index in [9.17, 15) is 4.79 Å². The van der Waals surface area contributed by atoms with Crippen molar-refractivity contribution < 1.29 is 9.90 Å². The highest BCUT2D eigenvalue weighted by Gasteiger charge is 2.18. The van der Waals surface area contributed by atoms with Crippen molar-refractivity contribution in [2.45, 2.75) is 37.9 Å². The van der Waals surface area contributed by atoms with Crippen LogP contribution in [0.4, 0.5) is 0 Å². The molecule has 1 aromatic heterocycles. The molecule has 4 heteroatoms. The fourth-order valence-electron chi connectivity index (χ4n) is 1.17. The quantitative estimate of drug-likeness (QED) is 0.802. The Hall–Kier alpha value is -0.480. The zero-order valence-electron chi connectivity index (χ0n) is 9.15. The second-order valence-electron chi connectivity index (χ2n) is 4.57. The first kappa shape index (κ1) is 12.6. The van der Waals surface area contributed by atoms with Crippen LogP contribution >= 0.6 is 24.0 Å². The largest absolute Gasteiger partial charge is 0.480 e. The Morgan fingerprint density at radius 3 is 2.53 bits per heavy atom. The lowest BCUT2D eigenvalue weighted by Crippen LogP contribution is -2.15. The van der Waals surface area contributed by atoms with Crippen molar-refractivity contribution in [2.24, 2.45) is 0 Å². The van der Waals surface area contributed by atoms with Crippen LogP contribution in [0.15, 0.2) is 12.1 Å². The van der Waals surface area contributed by atoms with Crippen LogP contribution < -0.4 is 0 Å². The number of rotatable bonds is 3. The van der Waals surface area contributed by atoms with Crippen LogP contribution in [0.3, 0.4) is 0 Å². The molecule has 0 bridgehead atoms. The maximum absolute atomic E-state index is 10.6. The van der Waals surface area contributed by atoms with E-state index in [1.54, 1.807) is 11.3 Å². The molecule has 0 aromatic carbocycles. The molecule has 2 nitrogen and oxygen atoms in total. The minimum atomic E-state index is -0.857.